The van der Waals surface area contributed by atoms with Crippen molar-refractivity contribution in [3.8, 4) is 0 Å². The highest BCUT2D eigenvalue weighted by atomic mass is 32.1. The SMILES string of the molecule is C/C=C\[N+](C=N)=C(/S)N=Nc1ccc(N(C)C)cc1. The molecule has 1 rings (SSSR count). The molecule has 1 aromatic carbocycles. The van der Waals surface area contributed by atoms with Crippen LogP contribution in [0, 0.1) is 5.41 Å². The van der Waals surface area contributed by atoms with Gasteiger partial charge in [0.25, 0.3) is 0 Å². The van der Waals surface area contributed by atoms with Gasteiger partial charge in [-0.05, 0) is 31.2 Å². The molecule has 0 atom stereocenters. The zero-order valence-corrected chi connectivity index (χ0v) is 12.2. The van der Waals surface area contributed by atoms with Gasteiger partial charge in [-0.1, -0.05) is 23.8 Å². The minimum Gasteiger partial charge on any atom is -0.378 e. The largest absolute Gasteiger partial charge is 0.378 e. The Morgan fingerprint density at radius 3 is 2.42 bits per heavy atom. The third-order valence-electron chi connectivity index (χ3n) is 2.30. The second-order valence-corrected chi connectivity index (χ2v) is 4.33. The molecular weight excluding hydrogens is 258 g/mol. The number of amidine groups is 1. The van der Waals surface area contributed by atoms with Crippen LogP contribution in [0.3, 0.4) is 0 Å². The van der Waals surface area contributed by atoms with E-state index in [0.717, 1.165) is 17.7 Å². The Kier molecular flexibility index (Phi) is 5.95. The minimum absolute atomic E-state index is 0.338. The fraction of sp³-hybridized carbons (Fsp3) is 0.231. The lowest BCUT2D eigenvalue weighted by Gasteiger charge is -2.11. The lowest BCUT2D eigenvalue weighted by molar-refractivity contribution is -0.312. The Morgan fingerprint density at radius 2 is 1.95 bits per heavy atom. The Morgan fingerprint density at radius 1 is 1.32 bits per heavy atom. The van der Waals surface area contributed by atoms with Gasteiger partial charge in [0.2, 0.25) is 6.34 Å². The first-order chi connectivity index (χ1) is 9.08. The second kappa shape index (κ2) is 7.48. The third-order valence-corrected chi connectivity index (χ3v) is 2.62. The molecule has 0 fully saturated rings. The first-order valence-corrected chi connectivity index (χ1v) is 6.20. The zero-order valence-electron chi connectivity index (χ0n) is 11.3. The van der Waals surface area contributed by atoms with Gasteiger partial charge in [-0.25, -0.2) is 4.58 Å². The monoisotopic (exact) mass is 276 g/mol. The molecule has 0 aromatic heterocycles. The number of allylic oxidation sites excluding steroid dienone is 1. The molecule has 6 heteroatoms. The maximum absolute atomic E-state index is 7.22. The van der Waals surface area contributed by atoms with Gasteiger partial charge in [0.1, 0.15) is 5.69 Å². The molecule has 1 aromatic rings. The molecule has 5 nitrogen and oxygen atoms in total. The highest BCUT2D eigenvalue weighted by Gasteiger charge is 2.02. The summed E-state index contributed by atoms with van der Waals surface area (Å²) in [5.74, 6) is 0. The summed E-state index contributed by atoms with van der Waals surface area (Å²) in [7, 11) is 3.96. The Bertz CT molecular complexity index is 514. The predicted octanol–water partition coefficient (Wildman–Crippen LogP) is 3.28. The first-order valence-electron chi connectivity index (χ1n) is 5.75. The number of rotatable bonds is 4. The number of thiol groups is 1. The van der Waals surface area contributed by atoms with Crippen molar-refractivity contribution in [2.45, 2.75) is 6.92 Å². The Balaban J connectivity index is 2.89. The maximum Gasteiger partial charge on any atom is 0.324 e. The van der Waals surface area contributed by atoms with E-state index in [-0.39, 0.29) is 0 Å². The van der Waals surface area contributed by atoms with Crippen LogP contribution < -0.4 is 4.90 Å². The number of benzene rings is 1. The summed E-state index contributed by atoms with van der Waals surface area (Å²) in [4.78, 5) is 2.01. The second-order valence-electron chi connectivity index (χ2n) is 3.93. The van der Waals surface area contributed by atoms with Crippen LogP contribution in [0.2, 0.25) is 0 Å². The van der Waals surface area contributed by atoms with Crippen LogP contribution in [0.15, 0.2) is 46.8 Å². The molecule has 0 unspecified atom stereocenters. The Labute approximate surface area is 118 Å². The number of hydrogen-bond acceptors (Lipinski definition) is 3. The molecule has 0 amide bonds. The molecule has 1 N–H and O–H groups in total. The van der Waals surface area contributed by atoms with E-state index in [2.05, 4.69) is 22.9 Å². The van der Waals surface area contributed by atoms with Crippen molar-refractivity contribution in [1.82, 2.24) is 0 Å². The minimum atomic E-state index is 0.338. The van der Waals surface area contributed by atoms with E-state index in [0.29, 0.717) is 5.17 Å². The van der Waals surface area contributed by atoms with Gasteiger partial charge >= 0.3 is 5.17 Å². The summed E-state index contributed by atoms with van der Waals surface area (Å²) in [5, 5.41) is 15.6. The van der Waals surface area contributed by atoms with Crippen molar-refractivity contribution < 1.29 is 4.58 Å². The van der Waals surface area contributed by atoms with Crippen molar-refractivity contribution in [2.24, 2.45) is 10.2 Å². The van der Waals surface area contributed by atoms with Crippen LogP contribution in [-0.4, -0.2) is 30.2 Å². The predicted molar refractivity (Wildman–Crippen MR) is 83.1 cm³/mol. The molecule has 0 saturated heterocycles. The van der Waals surface area contributed by atoms with Crippen LogP contribution in [0.4, 0.5) is 11.4 Å². The highest BCUT2D eigenvalue weighted by Crippen LogP contribution is 2.18. The molecule has 0 aliphatic heterocycles. The summed E-state index contributed by atoms with van der Waals surface area (Å²) in [6.45, 7) is 1.86. The van der Waals surface area contributed by atoms with Crippen molar-refractivity contribution in [1.29, 1.82) is 5.41 Å². The van der Waals surface area contributed by atoms with Crippen molar-refractivity contribution in [3.63, 3.8) is 0 Å². The van der Waals surface area contributed by atoms with Gasteiger partial charge in [0.05, 0.1) is 6.20 Å². The molecule has 0 spiro atoms. The van der Waals surface area contributed by atoms with Gasteiger partial charge < -0.3 is 4.90 Å². The van der Waals surface area contributed by atoms with E-state index in [1.165, 1.54) is 4.58 Å². The van der Waals surface area contributed by atoms with Gasteiger partial charge in [0, 0.05) is 24.9 Å². The number of hydrogen-bond donors (Lipinski definition) is 2. The van der Waals surface area contributed by atoms with E-state index in [9.17, 15) is 0 Å². The molecule has 0 saturated carbocycles. The van der Waals surface area contributed by atoms with Gasteiger partial charge in [-0.15, -0.1) is 0 Å². The third kappa shape index (κ3) is 4.67. The number of nitrogens with one attached hydrogen (secondary N) is 1. The normalized spacial score (nSPS) is 12.8. The fourth-order valence-corrected chi connectivity index (χ4v) is 1.47. The highest BCUT2D eigenvalue weighted by molar-refractivity contribution is 7.96. The summed E-state index contributed by atoms with van der Waals surface area (Å²) in [6.07, 6.45) is 4.60. The quantitative estimate of drug-likeness (QED) is 0.286. The van der Waals surface area contributed by atoms with E-state index < -0.39 is 0 Å². The standard InChI is InChI=1S/C13H17N5S/c1-4-9-18(10-14)13(19)16-15-11-5-7-12(8-6-11)17(2)3/h4-10,14H,1-3H3/p+1/b9-4-,14-10?,16-15?. The lowest BCUT2D eigenvalue weighted by Crippen LogP contribution is -2.07. The summed E-state index contributed by atoms with van der Waals surface area (Å²) >= 11 is 4.19. The Hall–Kier alpha value is -1.95. The van der Waals surface area contributed by atoms with E-state index in [1.54, 1.807) is 12.3 Å². The van der Waals surface area contributed by atoms with Gasteiger partial charge in [-0.2, -0.15) is 5.41 Å². The fourth-order valence-electron chi connectivity index (χ4n) is 1.30. The van der Waals surface area contributed by atoms with Crippen LogP contribution in [0.5, 0.6) is 0 Å². The topological polar surface area (TPSA) is 54.8 Å². The first kappa shape index (κ1) is 15.1. The number of nitrogens with zero attached hydrogens (tertiary/aromatic N) is 4. The van der Waals surface area contributed by atoms with Gasteiger partial charge in [0.15, 0.2) is 0 Å². The van der Waals surface area contributed by atoms with Crippen LogP contribution >= 0.6 is 12.6 Å². The smallest absolute Gasteiger partial charge is 0.324 e. The molecular formula is C13H18N5S+. The number of anilines is 1. The van der Waals surface area contributed by atoms with Crippen molar-refractivity contribution in [2.75, 3.05) is 19.0 Å². The van der Waals surface area contributed by atoms with Crippen LogP contribution in [-0.2, 0) is 0 Å². The van der Waals surface area contributed by atoms with E-state index >= 15 is 0 Å². The summed E-state index contributed by atoms with van der Waals surface area (Å²) < 4.78 is 1.46. The summed E-state index contributed by atoms with van der Waals surface area (Å²) in [6, 6.07) is 7.69. The maximum atomic E-state index is 7.22. The van der Waals surface area contributed by atoms with E-state index in [1.807, 2.05) is 50.2 Å². The molecule has 0 radical (unpaired) electrons. The molecule has 0 heterocycles. The lowest BCUT2D eigenvalue weighted by atomic mass is 10.3. The molecule has 0 aliphatic rings. The number of azo groups is 1. The van der Waals surface area contributed by atoms with Crippen molar-refractivity contribution >= 4 is 35.5 Å². The van der Waals surface area contributed by atoms with Crippen molar-refractivity contribution in [3.05, 3.63) is 36.5 Å². The molecule has 100 valence electrons. The van der Waals surface area contributed by atoms with Crippen LogP contribution in [0.25, 0.3) is 0 Å². The average molecular weight is 276 g/mol. The van der Waals surface area contributed by atoms with E-state index in [4.69, 9.17) is 5.41 Å². The average Bonchev–Trinajstić information content (AvgIpc) is 2.42. The molecule has 19 heavy (non-hydrogen) atoms. The summed E-state index contributed by atoms with van der Waals surface area (Å²) in [5.41, 5.74) is 1.84. The van der Waals surface area contributed by atoms with Crippen LogP contribution in [0.1, 0.15) is 6.92 Å². The molecule has 0 bridgehead atoms. The molecule has 0 aliphatic carbocycles. The van der Waals surface area contributed by atoms with Gasteiger partial charge in [-0.3, -0.25) is 0 Å². The zero-order chi connectivity index (χ0) is 14.3.